The summed E-state index contributed by atoms with van der Waals surface area (Å²) in [6, 6.07) is 1.90. The second kappa shape index (κ2) is 3.49. The molecule has 0 bridgehead atoms. The van der Waals surface area contributed by atoms with E-state index in [1.807, 2.05) is 19.9 Å². The maximum Gasteiger partial charge on any atom is 0.129 e. The molecule has 1 aromatic rings. The van der Waals surface area contributed by atoms with Crippen LogP contribution < -0.4 is 0 Å². The maximum atomic E-state index is 14.4. The maximum absolute atomic E-state index is 14.4. The minimum absolute atomic E-state index is 0.116. The molecule has 0 aromatic heterocycles. The number of hydrogen-bond acceptors (Lipinski definition) is 1. The van der Waals surface area contributed by atoms with Crippen molar-refractivity contribution in [3.63, 3.8) is 0 Å². The number of nitrogens with zero attached hydrogens (tertiary/aromatic N) is 1. The third-order valence-corrected chi connectivity index (χ3v) is 5.28. The van der Waals surface area contributed by atoms with Gasteiger partial charge in [-0.3, -0.25) is 4.99 Å². The van der Waals surface area contributed by atoms with E-state index < -0.39 is 0 Å². The smallest absolute Gasteiger partial charge is 0.129 e. The standard InChI is InChI=1S/C18H20FN/c1-9(2)16-13-8-10(3)15(19)11(4)14(13)17(6)12(5)18(17,7)20-16/h8H,1,5H2,2-4,6-7H3. The monoisotopic (exact) mass is 269 g/mol. The van der Waals surface area contributed by atoms with Crippen LogP contribution in [-0.2, 0) is 5.41 Å². The molecule has 2 atom stereocenters. The lowest BCUT2D eigenvalue weighted by molar-refractivity contribution is 0.572. The molecular formula is C18H20FN. The fourth-order valence-corrected chi connectivity index (χ4v) is 3.73. The molecular weight excluding hydrogens is 249 g/mol. The molecule has 2 aliphatic rings. The Balaban J connectivity index is 2.44. The number of aryl methyl sites for hydroxylation is 1. The van der Waals surface area contributed by atoms with Crippen LogP contribution in [0.4, 0.5) is 4.39 Å². The van der Waals surface area contributed by atoms with Gasteiger partial charge in [-0.05, 0) is 68.5 Å². The van der Waals surface area contributed by atoms with Gasteiger partial charge in [-0.25, -0.2) is 4.39 Å². The lowest BCUT2D eigenvalue weighted by atomic mass is 9.79. The molecule has 0 N–H and O–H groups in total. The van der Waals surface area contributed by atoms with Gasteiger partial charge in [-0.2, -0.15) is 0 Å². The Morgan fingerprint density at radius 1 is 1.30 bits per heavy atom. The summed E-state index contributed by atoms with van der Waals surface area (Å²) in [6.07, 6.45) is 0. The van der Waals surface area contributed by atoms with Crippen LogP contribution >= 0.6 is 0 Å². The van der Waals surface area contributed by atoms with Gasteiger partial charge in [0.2, 0.25) is 0 Å². The predicted octanol–water partition coefficient (Wildman–Crippen LogP) is 4.41. The highest BCUT2D eigenvalue weighted by Crippen LogP contribution is 2.67. The van der Waals surface area contributed by atoms with Crippen molar-refractivity contribution >= 4 is 5.71 Å². The van der Waals surface area contributed by atoms with Crippen LogP contribution in [0.2, 0.25) is 0 Å². The van der Waals surface area contributed by atoms with Crippen molar-refractivity contribution < 1.29 is 4.39 Å². The highest BCUT2D eigenvalue weighted by molar-refractivity contribution is 6.15. The summed E-state index contributed by atoms with van der Waals surface area (Å²) < 4.78 is 14.4. The zero-order chi connectivity index (χ0) is 15.0. The predicted molar refractivity (Wildman–Crippen MR) is 82.1 cm³/mol. The quantitative estimate of drug-likeness (QED) is 0.670. The average molecular weight is 269 g/mol. The molecule has 20 heavy (non-hydrogen) atoms. The summed E-state index contributed by atoms with van der Waals surface area (Å²) in [4.78, 5) is 4.89. The Morgan fingerprint density at radius 3 is 2.45 bits per heavy atom. The van der Waals surface area contributed by atoms with Crippen LogP contribution in [-0.4, -0.2) is 11.3 Å². The first-order chi connectivity index (χ1) is 9.16. The number of allylic oxidation sites excluding steroid dienone is 1. The number of hydrogen-bond donors (Lipinski definition) is 0. The van der Waals surface area contributed by atoms with E-state index >= 15 is 0 Å². The van der Waals surface area contributed by atoms with Crippen molar-refractivity contribution in [3.8, 4) is 0 Å². The van der Waals surface area contributed by atoms with Crippen molar-refractivity contribution in [2.24, 2.45) is 4.99 Å². The van der Waals surface area contributed by atoms with Gasteiger partial charge in [-0.1, -0.05) is 13.2 Å². The Labute approximate surface area is 119 Å². The Kier molecular flexibility index (Phi) is 2.32. The molecule has 1 aliphatic carbocycles. The Hall–Kier alpha value is -1.70. The van der Waals surface area contributed by atoms with Crippen LogP contribution in [0.1, 0.15) is 43.0 Å². The largest absolute Gasteiger partial charge is 0.272 e. The first-order valence-corrected chi connectivity index (χ1v) is 6.92. The van der Waals surface area contributed by atoms with Crippen LogP contribution in [0, 0.1) is 19.7 Å². The van der Waals surface area contributed by atoms with Gasteiger partial charge in [0.25, 0.3) is 0 Å². The lowest BCUT2D eigenvalue weighted by Crippen LogP contribution is -2.28. The number of rotatable bonds is 1. The van der Waals surface area contributed by atoms with E-state index in [1.54, 1.807) is 6.92 Å². The molecule has 1 heterocycles. The van der Waals surface area contributed by atoms with Crippen molar-refractivity contribution in [1.29, 1.82) is 0 Å². The first kappa shape index (κ1) is 13.3. The molecule has 1 aromatic carbocycles. The molecule has 2 unspecified atom stereocenters. The number of fused-ring (bicyclic) bond motifs is 3. The second-order valence-corrected chi connectivity index (χ2v) is 6.47. The lowest BCUT2D eigenvalue weighted by Gasteiger charge is -2.28. The van der Waals surface area contributed by atoms with Gasteiger partial charge in [0.1, 0.15) is 5.82 Å². The average Bonchev–Trinajstić information content (AvgIpc) is 2.81. The van der Waals surface area contributed by atoms with Crippen LogP contribution in [0.5, 0.6) is 0 Å². The molecule has 104 valence electrons. The Bertz CT molecular complexity index is 725. The summed E-state index contributed by atoms with van der Waals surface area (Å²) >= 11 is 0. The van der Waals surface area contributed by atoms with Gasteiger partial charge in [-0.15, -0.1) is 0 Å². The molecule has 1 nitrogen and oxygen atoms in total. The fraction of sp³-hybridized carbons (Fsp3) is 0.389. The SMILES string of the molecule is C=C(C)C1=NC2(C)C(=C)C2(C)c2c1cc(C)c(F)c2C. The molecule has 3 rings (SSSR count). The van der Waals surface area contributed by atoms with E-state index in [2.05, 4.69) is 27.0 Å². The van der Waals surface area contributed by atoms with Crippen LogP contribution in [0.25, 0.3) is 0 Å². The zero-order valence-electron chi connectivity index (χ0n) is 12.8. The summed E-state index contributed by atoms with van der Waals surface area (Å²) in [5, 5.41) is 0. The van der Waals surface area contributed by atoms with Crippen molar-refractivity contribution in [2.45, 2.75) is 45.6 Å². The summed E-state index contributed by atoms with van der Waals surface area (Å²) in [5.74, 6) is -0.116. The van der Waals surface area contributed by atoms with Crippen LogP contribution in [0.15, 0.2) is 35.4 Å². The molecule has 1 saturated carbocycles. The van der Waals surface area contributed by atoms with E-state index in [0.717, 1.165) is 33.5 Å². The number of aliphatic imine (C=N–C) groups is 1. The van der Waals surface area contributed by atoms with Gasteiger partial charge >= 0.3 is 0 Å². The van der Waals surface area contributed by atoms with Gasteiger partial charge < -0.3 is 0 Å². The second-order valence-electron chi connectivity index (χ2n) is 6.47. The van der Waals surface area contributed by atoms with Crippen molar-refractivity contribution in [3.05, 3.63) is 58.4 Å². The minimum Gasteiger partial charge on any atom is -0.272 e. The van der Waals surface area contributed by atoms with E-state index in [4.69, 9.17) is 4.99 Å². The normalized spacial score (nSPS) is 30.5. The van der Waals surface area contributed by atoms with E-state index in [-0.39, 0.29) is 16.8 Å². The van der Waals surface area contributed by atoms with Crippen LogP contribution in [0.3, 0.4) is 0 Å². The number of halogens is 1. The molecule has 1 aliphatic heterocycles. The van der Waals surface area contributed by atoms with Gasteiger partial charge in [0.05, 0.1) is 11.3 Å². The zero-order valence-corrected chi connectivity index (χ0v) is 12.8. The first-order valence-electron chi connectivity index (χ1n) is 6.92. The van der Waals surface area contributed by atoms with E-state index in [0.29, 0.717) is 5.56 Å². The molecule has 0 radical (unpaired) electrons. The third kappa shape index (κ3) is 1.20. The summed E-state index contributed by atoms with van der Waals surface area (Å²) in [7, 11) is 0. The summed E-state index contributed by atoms with van der Waals surface area (Å²) in [6.45, 7) is 18.0. The molecule has 0 saturated heterocycles. The van der Waals surface area contributed by atoms with Gasteiger partial charge in [0.15, 0.2) is 0 Å². The minimum atomic E-state index is -0.319. The summed E-state index contributed by atoms with van der Waals surface area (Å²) in [5.41, 5.74) is 5.75. The van der Waals surface area contributed by atoms with Gasteiger partial charge in [0, 0.05) is 11.0 Å². The molecule has 2 heteroatoms. The number of benzene rings is 1. The van der Waals surface area contributed by atoms with E-state index in [9.17, 15) is 4.39 Å². The molecule has 0 amide bonds. The highest BCUT2D eigenvalue weighted by Gasteiger charge is 2.69. The van der Waals surface area contributed by atoms with Crippen molar-refractivity contribution in [2.75, 3.05) is 0 Å². The molecule has 1 fully saturated rings. The fourth-order valence-electron chi connectivity index (χ4n) is 3.73. The molecule has 0 spiro atoms. The topological polar surface area (TPSA) is 12.4 Å². The Morgan fingerprint density at radius 2 is 1.90 bits per heavy atom. The third-order valence-electron chi connectivity index (χ3n) is 5.28. The van der Waals surface area contributed by atoms with E-state index in [1.165, 1.54) is 0 Å². The highest BCUT2D eigenvalue weighted by atomic mass is 19.1. The van der Waals surface area contributed by atoms with Crippen molar-refractivity contribution in [1.82, 2.24) is 0 Å².